The maximum Gasteiger partial charge on any atom is 0.218 e. The minimum atomic E-state index is 0.499. The van der Waals surface area contributed by atoms with E-state index in [1.54, 1.807) is 13.3 Å². The van der Waals surface area contributed by atoms with Crippen LogP contribution in [0.3, 0.4) is 0 Å². The summed E-state index contributed by atoms with van der Waals surface area (Å²) >= 11 is 0. The van der Waals surface area contributed by atoms with Gasteiger partial charge in [0.1, 0.15) is 6.61 Å². The van der Waals surface area contributed by atoms with Gasteiger partial charge in [0.15, 0.2) is 5.96 Å². The van der Waals surface area contributed by atoms with E-state index in [1.165, 1.54) is 12.8 Å². The summed E-state index contributed by atoms with van der Waals surface area (Å²) in [6.45, 7) is 6.13. The van der Waals surface area contributed by atoms with Gasteiger partial charge in [-0.3, -0.25) is 4.99 Å². The second kappa shape index (κ2) is 9.35. The van der Waals surface area contributed by atoms with E-state index in [9.17, 15) is 0 Å². The molecule has 6 heteroatoms. The topological polar surface area (TPSA) is 59.0 Å². The minimum Gasteiger partial charge on any atom is -0.475 e. The Labute approximate surface area is 138 Å². The van der Waals surface area contributed by atoms with Gasteiger partial charge in [-0.1, -0.05) is 13.0 Å². The van der Waals surface area contributed by atoms with Crippen LogP contribution in [0.25, 0.3) is 0 Å². The molecular formula is C17H28N4O2. The summed E-state index contributed by atoms with van der Waals surface area (Å²) in [7, 11) is 3.49. The Morgan fingerprint density at radius 3 is 2.87 bits per heavy atom. The van der Waals surface area contributed by atoms with Crippen LogP contribution < -0.4 is 10.1 Å². The maximum absolute atomic E-state index is 5.67. The zero-order valence-electron chi connectivity index (χ0n) is 14.4. The van der Waals surface area contributed by atoms with E-state index in [1.807, 2.05) is 19.2 Å². The number of likely N-dealkylation sites (tertiary alicyclic amines) is 1. The lowest BCUT2D eigenvalue weighted by Crippen LogP contribution is -2.45. The third-order valence-electron chi connectivity index (χ3n) is 4.11. The highest BCUT2D eigenvalue weighted by atomic mass is 16.5. The predicted octanol–water partition coefficient (Wildman–Crippen LogP) is 1.91. The maximum atomic E-state index is 5.67. The highest BCUT2D eigenvalue weighted by Crippen LogP contribution is 2.17. The molecule has 2 heterocycles. The van der Waals surface area contributed by atoms with E-state index >= 15 is 0 Å². The minimum absolute atomic E-state index is 0.499. The fraction of sp³-hybridized carbons (Fsp3) is 0.647. The number of nitrogens with zero attached hydrogens (tertiary/aromatic N) is 3. The van der Waals surface area contributed by atoms with Crippen LogP contribution in [0.4, 0.5) is 0 Å². The van der Waals surface area contributed by atoms with Gasteiger partial charge < -0.3 is 19.7 Å². The number of rotatable bonds is 6. The van der Waals surface area contributed by atoms with E-state index in [0.29, 0.717) is 25.6 Å². The van der Waals surface area contributed by atoms with E-state index in [2.05, 4.69) is 27.1 Å². The molecule has 1 aliphatic heterocycles. The Kier molecular flexibility index (Phi) is 7.13. The van der Waals surface area contributed by atoms with Gasteiger partial charge in [0.05, 0.1) is 6.61 Å². The Balaban J connectivity index is 1.91. The third kappa shape index (κ3) is 5.39. The van der Waals surface area contributed by atoms with E-state index < -0.39 is 0 Å². The number of methoxy groups -OCH3 is 1. The Morgan fingerprint density at radius 1 is 1.39 bits per heavy atom. The number of hydrogen-bond acceptors (Lipinski definition) is 4. The Bertz CT molecular complexity index is 499. The molecule has 0 saturated carbocycles. The molecule has 1 saturated heterocycles. The van der Waals surface area contributed by atoms with Crippen molar-refractivity contribution in [2.45, 2.75) is 26.3 Å². The summed E-state index contributed by atoms with van der Waals surface area (Å²) in [6, 6.07) is 3.94. The summed E-state index contributed by atoms with van der Waals surface area (Å²) in [4.78, 5) is 11.0. The van der Waals surface area contributed by atoms with Crippen molar-refractivity contribution in [1.29, 1.82) is 0 Å². The quantitative estimate of drug-likeness (QED) is 0.493. The molecule has 1 aliphatic rings. The summed E-state index contributed by atoms with van der Waals surface area (Å²) in [5.74, 6) is 2.41. The first kappa shape index (κ1) is 17.5. The van der Waals surface area contributed by atoms with Crippen molar-refractivity contribution in [2.75, 3.05) is 40.5 Å². The van der Waals surface area contributed by atoms with Gasteiger partial charge in [-0.05, 0) is 24.8 Å². The van der Waals surface area contributed by atoms with Crippen LogP contribution in [-0.2, 0) is 11.3 Å². The van der Waals surface area contributed by atoms with Crippen molar-refractivity contribution in [3.8, 4) is 5.88 Å². The van der Waals surface area contributed by atoms with Crippen molar-refractivity contribution in [3.63, 3.8) is 0 Å². The van der Waals surface area contributed by atoms with Crippen LogP contribution in [0.15, 0.2) is 23.3 Å². The van der Waals surface area contributed by atoms with Gasteiger partial charge in [-0.2, -0.15) is 0 Å². The Hall–Kier alpha value is -1.82. The monoisotopic (exact) mass is 320 g/mol. The number of piperidine rings is 1. The zero-order chi connectivity index (χ0) is 16.5. The second-order valence-corrected chi connectivity index (χ2v) is 5.88. The average molecular weight is 320 g/mol. The van der Waals surface area contributed by atoms with Crippen molar-refractivity contribution in [2.24, 2.45) is 10.9 Å². The standard InChI is InChI=1S/C17H28N4O2/c1-14-6-9-21(10-7-14)17(18-2)20-13-15-5-4-8-19-16(15)23-12-11-22-3/h4-5,8,14H,6-7,9-13H2,1-3H3,(H,18,20). The van der Waals surface area contributed by atoms with Crippen molar-refractivity contribution in [3.05, 3.63) is 23.9 Å². The molecule has 1 aromatic heterocycles. The molecule has 0 bridgehead atoms. The highest BCUT2D eigenvalue weighted by molar-refractivity contribution is 5.80. The molecule has 0 aromatic carbocycles. The molecule has 0 aliphatic carbocycles. The summed E-state index contributed by atoms with van der Waals surface area (Å²) in [5, 5.41) is 3.43. The van der Waals surface area contributed by atoms with Crippen molar-refractivity contribution < 1.29 is 9.47 Å². The SMILES string of the molecule is CN=C(NCc1cccnc1OCCOC)N1CCC(C)CC1. The number of ether oxygens (including phenoxy) is 2. The van der Waals surface area contributed by atoms with Gasteiger partial charge in [-0.15, -0.1) is 0 Å². The molecule has 23 heavy (non-hydrogen) atoms. The molecule has 0 spiro atoms. The zero-order valence-corrected chi connectivity index (χ0v) is 14.4. The van der Waals surface area contributed by atoms with Crippen molar-refractivity contribution >= 4 is 5.96 Å². The first-order chi connectivity index (χ1) is 11.2. The first-order valence-corrected chi connectivity index (χ1v) is 8.25. The predicted molar refractivity (Wildman–Crippen MR) is 91.8 cm³/mol. The van der Waals surface area contributed by atoms with E-state index in [4.69, 9.17) is 9.47 Å². The summed E-state index contributed by atoms with van der Waals surface area (Å²) in [5.41, 5.74) is 1.02. The number of pyridine rings is 1. The average Bonchev–Trinajstić information content (AvgIpc) is 2.58. The molecule has 0 radical (unpaired) electrons. The fourth-order valence-corrected chi connectivity index (χ4v) is 2.64. The molecule has 0 amide bonds. The largest absolute Gasteiger partial charge is 0.475 e. The lowest BCUT2D eigenvalue weighted by Gasteiger charge is -2.33. The van der Waals surface area contributed by atoms with Crippen LogP contribution in [-0.4, -0.2) is 56.3 Å². The van der Waals surface area contributed by atoms with Crippen LogP contribution in [0.1, 0.15) is 25.3 Å². The summed E-state index contributed by atoms with van der Waals surface area (Å²) in [6.07, 6.45) is 4.18. The van der Waals surface area contributed by atoms with Crippen molar-refractivity contribution in [1.82, 2.24) is 15.2 Å². The van der Waals surface area contributed by atoms with Crippen LogP contribution in [0.5, 0.6) is 5.88 Å². The lowest BCUT2D eigenvalue weighted by molar-refractivity contribution is 0.143. The van der Waals surface area contributed by atoms with Crippen LogP contribution >= 0.6 is 0 Å². The van der Waals surface area contributed by atoms with Gasteiger partial charge in [-0.25, -0.2) is 4.98 Å². The highest BCUT2D eigenvalue weighted by Gasteiger charge is 2.18. The number of nitrogens with one attached hydrogen (secondary N) is 1. The Morgan fingerprint density at radius 2 is 2.17 bits per heavy atom. The number of guanidine groups is 1. The molecule has 1 aromatic rings. The molecule has 128 valence electrons. The normalized spacial score (nSPS) is 16.5. The summed E-state index contributed by atoms with van der Waals surface area (Å²) < 4.78 is 10.7. The third-order valence-corrected chi connectivity index (χ3v) is 4.11. The first-order valence-electron chi connectivity index (χ1n) is 8.25. The molecule has 0 atom stereocenters. The second-order valence-electron chi connectivity index (χ2n) is 5.88. The van der Waals surface area contributed by atoms with Crippen LogP contribution in [0, 0.1) is 5.92 Å². The smallest absolute Gasteiger partial charge is 0.218 e. The molecule has 0 unspecified atom stereocenters. The molecule has 6 nitrogen and oxygen atoms in total. The molecular weight excluding hydrogens is 292 g/mol. The molecule has 1 fully saturated rings. The van der Waals surface area contributed by atoms with Crippen LogP contribution in [0.2, 0.25) is 0 Å². The number of aliphatic imine (C=N–C) groups is 1. The van der Waals surface area contributed by atoms with Gasteiger partial charge in [0, 0.05) is 45.6 Å². The fourth-order valence-electron chi connectivity index (χ4n) is 2.64. The number of aromatic nitrogens is 1. The number of hydrogen-bond donors (Lipinski definition) is 1. The molecule has 2 rings (SSSR count). The van der Waals surface area contributed by atoms with Gasteiger partial charge in [0.25, 0.3) is 0 Å². The van der Waals surface area contributed by atoms with E-state index in [0.717, 1.165) is 30.5 Å². The molecule has 1 N–H and O–H groups in total. The lowest BCUT2D eigenvalue weighted by atomic mass is 10.00. The van der Waals surface area contributed by atoms with Gasteiger partial charge in [0.2, 0.25) is 5.88 Å². The van der Waals surface area contributed by atoms with Gasteiger partial charge >= 0.3 is 0 Å². The van der Waals surface area contributed by atoms with E-state index in [-0.39, 0.29) is 0 Å².